The van der Waals surface area contributed by atoms with E-state index in [9.17, 15) is 23.4 Å². The monoisotopic (exact) mass is 413 g/mol. The van der Waals surface area contributed by atoms with Crippen LogP contribution in [0.25, 0.3) is 0 Å². The normalized spacial score (nSPS) is 16.3. The maximum atomic E-state index is 13.7. The number of methoxy groups -OCH3 is 3. The van der Waals surface area contributed by atoms with Gasteiger partial charge in [-0.3, -0.25) is 0 Å². The number of halogens is 3. The van der Waals surface area contributed by atoms with Crippen LogP contribution in [0.2, 0.25) is 0 Å². The molecule has 1 aliphatic heterocycles. The number of fused-ring (bicyclic) bond motifs is 1. The van der Waals surface area contributed by atoms with Crippen LogP contribution in [0.1, 0.15) is 28.3 Å². The second-order valence-electron chi connectivity index (χ2n) is 6.68. The Balaban J connectivity index is 2.10. The Labute approximate surface area is 165 Å². The maximum Gasteiger partial charge on any atom is 0.420 e. The number of benzene rings is 2. The van der Waals surface area contributed by atoms with Gasteiger partial charge in [-0.25, -0.2) is 0 Å². The highest BCUT2D eigenvalue weighted by Crippen LogP contribution is 2.48. The second-order valence-corrected chi connectivity index (χ2v) is 6.68. The van der Waals surface area contributed by atoms with Crippen LogP contribution in [0, 0.1) is 0 Å². The van der Waals surface area contributed by atoms with Gasteiger partial charge in [0.15, 0.2) is 23.0 Å². The molecule has 2 aromatic rings. The zero-order chi connectivity index (χ0) is 21.3. The molecule has 29 heavy (non-hydrogen) atoms. The van der Waals surface area contributed by atoms with Crippen molar-refractivity contribution in [2.45, 2.75) is 25.1 Å². The number of hydrogen-bond acceptors (Lipinski definition) is 6. The number of ether oxygens (including phenoxy) is 3. The van der Waals surface area contributed by atoms with E-state index >= 15 is 0 Å². The van der Waals surface area contributed by atoms with Crippen LogP contribution >= 0.6 is 0 Å². The summed E-state index contributed by atoms with van der Waals surface area (Å²) in [6.07, 6.45) is -4.34. The van der Waals surface area contributed by atoms with Crippen molar-refractivity contribution >= 4 is 0 Å². The van der Waals surface area contributed by atoms with Gasteiger partial charge in [0.1, 0.15) is 5.56 Å². The van der Waals surface area contributed by atoms with Crippen molar-refractivity contribution in [3.05, 3.63) is 40.5 Å². The quantitative estimate of drug-likeness (QED) is 0.651. The van der Waals surface area contributed by atoms with Crippen molar-refractivity contribution in [3.63, 3.8) is 0 Å². The molecule has 3 rings (SSSR count). The van der Waals surface area contributed by atoms with Crippen LogP contribution in [0.3, 0.4) is 0 Å². The molecule has 3 N–H and O–H groups in total. The lowest BCUT2D eigenvalue weighted by atomic mass is 9.85. The van der Waals surface area contributed by atoms with Crippen LogP contribution in [-0.2, 0) is 19.0 Å². The van der Waals surface area contributed by atoms with Crippen molar-refractivity contribution < 1.29 is 37.6 Å². The molecule has 2 aromatic carbocycles. The minimum Gasteiger partial charge on any atom is -0.504 e. The maximum absolute atomic E-state index is 13.7. The molecule has 0 unspecified atom stereocenters. The van der Waals surface area contributed by atoms with Gasteiger partial charge in [0, 0.05) is 6.04 Å². The van der Waals surface area contributed by atoms with Gasteiger partial charge in [0.2, 0.25) is 5.75 Å². The molecule has 0 bridgehead atoms. The number of alkyl halides is 3. The Bertz CT molecular complexity index is 889. The fraction of sp³-hybridized carbons (Fsp3) is 0.400. The van der Waals surface area contributed by atoms with E-state index in [1.165, 1.54) is 27.4 Å². The molecule has 9 heteroatoms. The molecular formula is C20H22F3NO5. The van der Waals surface area contributed by atoms with E-state index in [1.807, 2.05) is 0 Å². The van der Waals surface area contributed by atoms with E-state index in [1.54, 1.807) is 12.1 Å². The molecule has 0 aliphatic carbocycles. The van der Waals surface area contributed by atoms with Crippen molar-refractivity contribution in [1.29, 1.82) is 0 Å². The Morgan fingerprint density at radius 2 is 1.66 bits per heavy atom. The van der Waals surface area contributed by atoms with Crippen molar-refractivity contribution in [2.24, 2.45) is 0 Å². The Kier molecular flexibility index (Phi) is 5.70. The molecule has 0 spiro atoms. The molecule has 1 heterocycles. The summed E-state index contributed by atoms with van der Waals surface area (Å²) in [6.45, 7) is 0.434. The van der Waals surface area contributed by atoms with E-state index < -0.39 is 29.3 Å². The summed E-state index contributed by atoms with van der Waals surface area (Å²) in [6, 6.07) is 3.81. The first-order valence-corrected chi connectivity index (χ1v) is 8.88. The van der Waals surface area contributed by atoms with Crippen molar-refractivity contribution in [2.75, 3.05) is 27.9 Å². The molecule has 0 amide bonds. The van der Waals surface area contributed by atoms with Crippen LogP contribution in [0.4, 0.5) is 13.2 Å². The summed E-state index contributed by atoms with van der Waals surface area (Å²) in [5.41, 5.74) is -0.265. The van der Waals surface area contributed by atoms with Crippen LogP contribution in [0.15, 0.2) is 18.2 Å². The summed E-state index contributed by atoms with van der Waals surface area (Å²) >= 11 is 0. The average Bonchev–Trinajstić information content (AvgIpc) is 2.67. The minimum atomic E-state index is -4.82. The molecule has 1 atom stereocenters. The van der Waals surface area contributed by atoms with Gasteiger partial charge < -0.3 is 29.7 Å². The second kappa shape index (κ2) is 7.90. The molecule has 0 radical (unpaired) electrons. The third-order valence-electron chi connectivity index (χ3n) is 4.99. The summed E-state index contributed by atoms with van der Waals surface area (Å²) in [4.78, 5) is 0. The van der Waals surface area contributed by atoms with Gasteiger partial charge >= 0.3 is 6.18 Å². The topological polar surface area (TPSA) is 80.2 Å². The van der Waals surface area contributed by atoms with E-state index in [0.29, 0.717) is 41.3 Å². The fourth-order valence-corrected chi connectivity index (χ4v) is 3.77. The smallest absolute Gasteiger partial charge is 0.420 e. The van der Waals surface area contributed by atoms with Gasteiger partial charge in [0.25, 0.3) is 0 Å². The van der Waals surface area contributed by atoms with E-state index in [2.05, 4.69) is 5.32 Å². The molecule has 158 valence electrons. The zero-order valence-electron chi connectivity index (χ0n) is 16.2. The highest BCUT2D eigenvalue weighted by atomic mass is 19.4. The largest absolute Gasteiger partial charge is 0.504 e. The van der Waals surface area contributed by atoms with Gasteiger partial charge in [-0.2, -0.15) is 13.2 Å². The third-order valence-corrected chi connectivity index (χ3v) is 4.99. The highest BCUT2D eigenvalue weighted by molar-refractivity contribution is 5.57. The average molecular weight is 413 g/mol. The predicted molar refractivity (Wildman–Crippen MR) is 99.0 cm³/mol. The Hall–Kier alpha value is -2.81. The fourth-order valence-electron chi connectivity index (χ4n) is 3.77. The van der Waals surface area contributed by atoms with E-state index in [-0.39, 0.29) is 12.0 Å². The van der Waals surface area contributed by atoms with Crippen molar-refractivity contribution in [3.8, 4) is 28.7 Å². The summed E-state index contributed by atoms with van der Waals surface area (Å²) in [7, 11) is 4.37. The molecule has 0 saturated carbocycles. The van der Waals surface area contributed by atoms with E-state index in [0.717, 1.165) is 0 Å². The van der Waals surface area contributed by atoms with Crippen LogP contribution < -0.4 is 19.5 Å². The first-order valence-electron chi connectivity index (χ1n) is 8.88. The number of aromatic hydroxyl groups is 2. The lowest BCUT2D eigenvalue weighted by Crippen LogP contribution is -2.33. The molecule has 0 saturated heterocycles. The molecule has 6 nitrogen and oxygen atoms in total. The van der Waals surface area contributed by atoms with E-state index in [4.69, 9.17) is 14.2 Å². The Morgan fingerprint density at radius 3 is 2.17 bits per heavy atom. The number of rotatable bonds is 5. The number of hydrogen-bond donors (Lipinski definition) is 3. The lowest BCUT2D eigenvalue weighted by Gasteiger charge is -2.31. The summed E-state index contributed by atoms with van der Waals surface area (Å²) < 4.78 is 57.0. The number of phenolic OH excluding ortho intramolecular Hbond substituents is 2. The van der Waals surface area contributed by atoms with Gasteiger partial charge in [-0.05, 0) is 54.3 Å². The van der Waals surface area contributed by atoms with Gasteiger partial charge in [-0.1, -0.05) is 0 Å². The predicted octanol–water partition coefficient (Wildman–Crippen LogP) is 3.57. The van der Waals surface area contributed by atoms with Gasteiger partial charge in [-0.15, -0.1) is 0 Å². The third kappa shape index (κ3) is 3.87. The standard InChI is InChI=1S/C20H22F3NO5/c1-27-14-7-10(8-15(28-2)19(14)29-3)6-12-16-11(4-5-24-12)9-13(25)18(26)17(16)20(21,22)23/h7-9,12,24-26H,4-6H2,1-3H3/t12-/m0/s1. The first kappa shape index (κ1) is 20.9. The number of phenols is 2. The molecule has 0 fully saturated rings. The van der Waals surface area contributed by atoms with Crippen molar-refractivity contribution in [1.82, 2.24) is 5.32 Å². The molecular weight excluding hydrogens is 391 g/mol. The zero-order valence-corrected chi connectivity index (χ0v) is 16.2. The highest BCUT2D eigenvalue weighted by Gasteiger charge is 2.42. The number of nitrogens with one attached hydrogen (secondary N) is 1. The molecule has 0 aromatic heterocycles. The van der Waals surface area contributed by atoms with Crippen LogP contribution in [0.5, 0.6) is 28.7 Å². The molecule has 1 aliphatic rings. The SMILES string of the molecule is COc1cc(C[C@@H]2NCCc3cc(O)c(O)c(C(F)(F)F)c32)cc(OC)c1OC. The minimum absolute atomic E-state index is 0.0622. The Morgan fingerprint density at radius 1 is 1.03 bits per heavy atom. The lowest BCUT2D eigenvalue weighted by molar-refractivity contribution is -0.140. The summed E-state index contributed by atoms with van der Waals surface area (Å²) in [5.74, 6) is -0.765. The first-order chi connectivity index (χ1) is 13.7. The van der Waals surface area contributed by atoms with Crippen LogP contribution in [-0.4, -0.2) is 38.1 Å². The summed E-state index contributed by atoms with van der Waals surface area (Å²) in [5, 5.41) is 22.8. The van der Waals surface area contributed by atoms with Gasteiger partial charge in [0.05, 0.1) is 21.3 Å².